The summed E-state index contributed by atoms with van der Waals surface area (Å²) in [5, 5.41) is 9.45. The van der Waals surface area contributed by atoms with E-state index in [9.17, 15) is 5.11 Å². The van der Waals surface area contributed by atoms with Gasteiger partial charge in [0.15, 0.2) is 0 Å². The molecule has 0 aliphatic heterocycles. The number of halogens is 2. The zero-order valence-corrected chi connectivity index (χ0v) is 15.4. The Kier molecular flexibility index (Phi) is 10.1. The first-order chi connectivity index (χ1) is 8.07. The van der Waals surface area contributed by atoms with Crippen LogP contribution in [0.5, 0.6) is 0 Å². The maximum atomic E-state index is 9.45. The average molecular weight is 347 g/mol. The topological polar surface area (TPSA) is 20.2 Å². The predicted molar refractivity (Wildman–Crippen MR) is 72.5 cm³/mol. The van der Waals surface area contributed by atoms with Crippen molar-refractivity contribution in [2.24, 2.45) is 5.92 Å². The third-order valence-corrected chi connectivity index (χ3v) is 4.12. The fourth-order valence-electron chi connectivity index (χ4n) is 2.72. The SMILES string of the molecule is CC1=C(C)C(C)C(c2ccccc2CO)=C1C.[Cl-].[Cl-].[Ti+2]. The van der Waals surface area contributed by atoms with Crippen LogP contribution >= 0.6 is 0 Å². The summed E-state index contributed by atoms with van der Waals surface area (Å²) in [6.45, 7) is 8.94. The standard InChI is InChI=1S/C16H20O.2ClH.Ti/c1-10-11(2)13(4)16(12(10)3)15-8-6-5-7-14(15)9-17;;;/h5-8,12,17H,9H2,1-4H3;2*1H;/q;;;+2/p-2. The van der Waals surface area contributed by atoms with Gasteiger partial charge in [-0.05, 0) is 48.6 Å². The van der Waals surface area contributed by atoms with Gasteiger partial charge in [-0.1, -0.05) is 36.8 Å². The second-order valence-electron chi connectivity index (χ2n) is 4.88. The van der Waals surface area contributed by atoms with Crippen molar-refractivity contribution in [3.05, 3.63) is 52.1 Å². The molecule has 1 unspecified atom stereocenters. The Bertz CT molecular complexity index is 521. The summed E-state index contributed by atoms with van der Waals surface area (Å²) in [6.07, 6.45) is 0. The van der Waals surface area contributed by atoms with E-state index >= 15 is 0 Å². The van der Waals surface area contributed by atoms with Crippen LogP contribution in [-0.4, -0.2) is 5.11 Å². The van der Waals surface area contributed by atoms with Gasteiger partial charge in [-0.3, -0.25) is 0 Å². The summed E-state index contributed by atoms with van der Waals surface area (Å²) < 4.78 is 0. The number of aliphatic hydroxyl groups is 1. The molecule has 0 amide bonds. The van der Waals surface area contributed by atoms with E-state index in [1.54, 1.807) is 0 Å². The molecular formula is C16H20Cl2OTi. The molecule has 0 heterocycles. The maximum absolute atomic E-state index is 9.45. The molecule has 0 bridgehead atoms. The van der Waals surface area contributed by atoms with E-state index in [2.05, 4.69) is 33.8 Å². The smallest absolute Gasteiger partial charge is 1.00 e. The number of rotatable bonds is 2. The van der Waals surface area contributed by atoms with Gasteiger partial charge >= 0.3 is 21.7 Å². The Morgan fingerprint density at radius 3 is 2.00 bits per heavy atom. The quantitative estimate of drug-likeness (QED) is 0.611. The minimum absolute atomic E-state index is 0. The van der Waals surface area contributed by atoms with Gasteiger partial charge in [0.05, 0.1) is 6.61 Å². The number of benzene rings is 1. The normalized spacial score (nSPS) is 17.4. The second kappa shape index (κ2) is 9.07. The van der Waals surface area contributed by atoms with Crippen LogP contribution in [0.4, 0.5) is 0 Å². The third kappa shape index (κ3) is 3.78. The fraction of sp³-hybridized carbons (Fsp3) is 0.375. The van der Waals surface area contributed by atoms with Crippen molar-refractivity contribution in [3.63, 3.8) is 0 Å². The van der Waals surface area contributed by atoms with Gasteiger partial charge in [0, 0.05) is 5.92 Å². The van der Waals surface area contributed by atoms with Crippen molar-refractivity contribution in [2.45, 2.75) is 34.3 Å². The van der Waals surface area contributed by atoms with E-state index < -0.39 is 0 Å². The van der Waals surface area contributed by atoms with Crippen molar-refractivity contribution in [1.29, 1.82) is 0 Å². The molecule has 0 fully saturated rings. The van der Waals surface area contributed by atoms with Crippen LogP contribution in [-0.2, 0) is 28.3 Å². The van der Waals surface area contributed by atoms with Crippen molar-refractivity contribution >= 4 is 5.57 Å². The van der Waals surface area contributed by atoms with E-state index in [1.807, 2.05) is 18.2 Å². The Morgan fingerprint density at radius 2 is 1.55 bits per heavy atom. The van der Waals surface area contributed by atoms with Crippen molar-refractivity contribution < 1.29 is 51.6 Å². The Balaban J connectivity index is 0. The molecular weight excluding hydrogens is 327 g/mol. The molecule has 1 aromatic rings. The zero-order chi connectivity index (χ0) is 12.6. The molecule has 0 spiro atoms. The minimum atomic E-state index is 0. The molecule has 0 saturated heterocycles. The van der Waals surface area contributed by atoms with Gasteiger partial charge in [-0.15, -0.1) is 0 Å². The van der Waals surface area contributed by atoms with E-state index in [0.717, 1.165) is 5.56 Å². The van der Waals surface area contributed by atoms with Crippen molar-refractivity contribution in [3.8, 4) is 0 Å². The Hall–Kier alpha value is -0.0457. The maximum Gasteiger partial charge on any atom is 2.00 e. The molecule has 1 N–H and O–H groups in total. The van der Waals surface area contributed by atoms with E-state index in [4.69, 9.17) is 0 Å². The largest absolute Gasteiger partial charge is 2.00 e. The molecule has 1 atom stereocenters. The first-order valence-corrected chi connectivity index (χ1v) is 6.15. The summed E-state index contributed by atoms with van der Waals surface area (Å²) in [5.74, 6) is 0.461. The van der Waals surface area contributed by atoms with Crippen LogP contribution in [0.2, 0.25) is 0 Å². The molecule has 108 valence electrons. The fourth-order valence-corrected chi connectivity index (χ4v) is 2.72. The molecule has 1 aromatic carbocycles. The van der Waals surface area contributed by atoms with Gasteiger partial charge in [0.1, 0.15) is 0 Å². The Morgan fingerprint density at radius 1 is 1.00 bits per heavy atom. The van der Waals surface area contributed by atoms with Gasteiger partial charge < -0.3 is 29.9 Å². The molecule has 0 aromatic heterocycles. The van der Waals surface area contributed by atoms with Gasteiger partial charge in [-0.2, -0.15) is 0 Å². The van der Waals surface area contributed by atoms with E-state index in [-0.39, 0.29) is 53.1 Å². The van der Waals surface area contributed by atoms with Crippen LogP contribution in [0.15, 0.2) is 41.0 Å². The van der Waals surface area contributed by atoms with Gasteiger partial charge in [-0.25, -0.2) is 0 Å². The summed E-state index contributed by atoms with van der Waals surface area (Å²) >= 11 is 0. The number of hydrogen-bond donors (Lipinski definition) is 1. The number of aliphatic hydroxyl groups excluding tert-OH is 1. The summed E-state index contributed by atoms with van der Waals surface area (Å²) in [7, 11) is 0. The van der Waals surface area contributed by atoms with Crippen LogP contribution in [0.1, 0.15) is 38.8 Å². The van der Waals surface area contributed by atoms with Crippen LogP contribution in [0.25, 0.3) is 5.57 Å². The number of allylic oxidation sites excluding steroid dienone is 4. The zero-order valence-electron chi connectivity index (χ0n) is 12.3. The second-order valence-corrected chi connectivity index (χ2v) is 4.88. The molecule has 1 nitrogen and oxygen atoms in total. The molecule has 20 heavy (non-hydrogen) atoms. The van der Waals surface area contributed by atoms with Gasteiger partial charge in [0.25, 0.3) is 0 Å². The average Bonchev–Trinajstić information content (AvgIpc) is 2.54. The van der Waals surface area contributed by atoms with E-state index in [1.165, 1.54) is 27.9 Å². The number of hydrogen-bond acceptors (Lipinski definition) is 1. The van der Waals surface area contributed by atoms with E-state index in [0.29, 0.717) is 5.92 Å². The molecule has 0 saturated carbocycles. The molecule has 4 heteroatoms. The summed E-state index contributed by atoms with van der Waals surface area (Å²) in [4.78, 5) is 0. The monoisotopic (exact) mass is 346 g/mol. The predicted octanol–water partition coefficient (Wildman–Crippen LogP) is -2.06. The molecule has 1 aliphatic carbocycles. The minimum Gasteiger partial charge on any atom is -1.00 e. The molecule has 1 aliphatic rings. The third-order valence-electron chi connectivity index (χ3n) is 4.12. The molecule has 0 radical (unpaired) electrons. The van der Waals surface area contributed by atoms with Gasteiger partial charge in [0.2, 0.25) is 0 Å². The van der Waals surface area contributed by atoms with Crippen LogP contribution in [0, 0.1) is 5.92 Å². The van der Waals surface area contributed by atoms with Crippen LogP contribution < -0.4 is 24.8 Å². The van der Waals surface area contributed by atoms with Crippen LogP contribution in [0.3, 0.4) is 0 Å². The first-order valence-electron chi connectivity index (χ1n) is 6.15. The van der Waals surface area contributed by atoms with Crippen molar-refractivity contribution in [2.75, 3.05) is 0 Å². The Labute approximate surface area is 149 Å². The summed E-state index contributed by atoms with van der Waals surface area (Å²) in [5.41, 5.74) is 7.83. The van der Waals surface area contributed by atoms with Crippen molar-refractivity contribution in [1.82, 2.24) is 0 Å². The first kappa shape index (κ1) is 22.2. The molecule has 2 rings (SSSR count). The summed E-state index contributed by atoms with van der Waals surface area (Å²) in [6, 6.07) is 8.15.